The standard InChI is InChI=1S/C44H96O4S2Si4/c1-19-25-31-51(32-26-20-2,33-27-21-3)43-49(45,47-53(37(7)8,38(9)10)39(11)12)44(52(34-28-22-4,35-29-23-5)36-30-24-6)50(43,46)48-54(40(13)14,41(15)16)42(17)18/h37-42H,19-36H2,1-18H3. The van der Waals surface area contributed by atoms with Crippen LogP contribution in [0.1, 0.15) is 202 Å². The highest BCUT2D eigenvalue weighted by Gasteiger charge is 2.65. The van der Waals surface area contributed by atoms with E-state index in [1.165, 1.54) is 0 Å². The van der Waals surface area contributed by atoms with Gasteiger partial charge in [-0.3, -0.25) is 0 Å². The van der Waals surface area contributed by atoms with Crippen molar-refractivity contribution in [2.24, 2.45) is 0 Å². The van der Waals surface area contributed by atoms with Gasteiger partial charge in [-0.1, -0.05) is 238 Å². The van der Waals surface area contributed by atoms with Crippen LogP contribution in [0.2, 0.25) is 69.5 Å². The molecule has 0 fully saturated rings. The van der Waals surface area contributed by atoms with Gasteiger partial charge in [-0.05, 0) is 33.2 Å². The van der Waals surface area contributed by atoms with Gasteiger partial charge in [0.25, 0.3) is 0 Å². The van der Waals surface area contributed by atoms with Crippen molar-refractivity contribution in [2.75, 3.05) is 0 Å². The first-order valence-electron chi connectivity index (χ1n) is 23.4. The summed E-state index contributed by atoms with van der Waals surface area (Å²) < 4.78 is 53.4. The first-order chi connectivity index (χ1) is 25.2. The molecule has 0 saturated carbocycles. The van der Waals surface area contributed by atoms with Gasteiger partial charge < -0.3 is 7.74 Å². The Balaban J connectivity index is 5.11. The number of unbranched alkanes of at least 4 members (excludes halogenated alkanes) is 6. The van der Waals surface area contributed by atoms with E-state index in [0.29, 0.717) is 33.2 Å². The van der Waals surface area contributed by atoms with Crippen LogP contribution in [-0.2, 0) is 27.3 Å². The van der Waals surface area contributed by atoms with Gasteiger partial charge in [-0.15, -0.1) is 0 Å². The van der Waals surface area contributed by atoms with Crippen molar-refractivity contribution >= 4 is 60.0 Å². The third kappa shape index (κ3) is 10.8. The van der Waals surface area contributed by atoms with Crippen LogP contribution in [0.5, 0.6) is 0 Å². The maximum Gasteiger partial charge on any atom is 0.221 e. The highest BCUT2D eigenvalue weighted by Crippen LogP contribution is 2.53. The summed E-state index contributed by atoms with van der Waals surface area (Å²) >= 11 is 0. The summed E-state index contributed by atoms with van der Waals surface area (Å²) in [5.74, 6) is 0. The third-order valence-corrected chi connectivity index (χ3v) is 51.5. The summed E-state index contributed by atoms with van der Waals surface area (Å²) in [5.41, 5.74) is 1.76. The van der Waals surface area contributed by atoms with Gasteiger partial charge in [0.2, 0.25) is 16.6 Å². The summed E-state index contributed by atoms with van der Waals surface area (Å²) in [4.78, 5) is 0. The molecule has 1 heterocycles. The third-order valence-electron chi connectivity index (χ3n) is 13.8. The number of hydrogen-bond acceptors (Lipinski definition) is 4. The second-order valence-electron chi connectivity index (χ2n) is 19.6. The van der Waals surface area contributed by atoms with Gasteiger partial charge in [0.05, 0.1) is 7.64 Å². The van der Waals surface area contributed by atoms with E-state index in [4.69, 9.17) is 7.74 Å². The van der Waals surface area contributed by atoms with E-state index >= 15 is 8.42 Å². The van der Waals surface area contributed by atoms with E-state index in [9.17, 15) is 0 Å². The lowest BCUT2D eigenvalue weighted by Gasteiger charge is -2.55. The largest absolute Gasteiger partial charge is 0.337 e. The lowest BCUT2D eigenvalue weighted by atomic mass is 10.4. The molecule has 0 radical (unpaired) electrons. The van der Waals surface area contributed by atoms with Crippen LogP contribution in [-0.4, -0.2) is 48.8 Å². The predicted octanol–water partition coefficient (Wildman–Crippen LogP) is 15.8. The maximum atomic E-state index is 17.7. The zero-order valence-electron chi connectivity index (χ0n) is 39.6. The summed E-state index contributed by atoms with van der Waals surface area (Å²) in [7, 11) is -17.0. The molecule has 0 atom stereocenters. The Hall–Kier alpha value is 0.828. The molecule has 0 bridgehead atoms. The predicted molar refractivity (Wildman–Crippen MR) is 260 cm³/mol. The fraction of sp³-hybridized carbons (Fsp3) is 0.955. The molecule has 0 aromatic carbocycles. The van der Waals surface area contributed by atoms with Crippen molar-refractivity contribution in [1.82, 2.24) is 0 Å². The Labute approximate surface area is 345 Å². The molecule has 1 aliphatic heterocycles. The van der Waals surface area contributed by atoms with Crippen molar-refractivity contribution in [3.05, 3.63) is 0 Å². The second kappa shape index (κ2) is 23.0. The smallest absolute Gasteiger partial charge is 0.221 e. The molecule has 0 unspecified atom stereocenters. The minimum atomic E-state index is -3.18. The summed E-state index contributed by atoms with van der Waals surface area (Å²) in [6.07, 6.45) is 13.3. The first-order valence-corrected chi connectivity index (χ1v) is 35.9. The van der Waals surface area contributed by atoms with Gasteiger partial charge in [0, 0.05) is 0 Å². The van der Waals surface area contributed by atoms with Crippen molar-refractivity contribution in [2.45, 2.75) is 271 Å². The molecule has 0 saturated heterocycles. The quantitative estimate of drug-likeness (QED) is 0.0533. The zero-order chi connectivity index (χ0) is 41.8. The van der Waals surface area contributed by atoms with Crippen LogP contribution < -0.4 is 0 Å². The molecular formula is C44H96O4S2Si4. The Bertz CT molecular complexity index is 1140. The molecule has 0 aromatic heterocycles. The molecule has 0 aromatic rings. The second-order valence-corrected chi connectivity index (χ2v) is 46.0. The Morgan fingerprint density at radius 2 is 0.537 bits per heavy atom. The molecule has 0 N–H and O–H groups in total. The maximum absolute atomic E-state index is 17.7. The van der Waals surface area contributed by atoms with E-state index in [1.807, 2.05) is 0 Å². The summed E-state index contributed by atoms with van der Waals surface area (Å²) in [5, 5.41) is 0. The van der Waals surface area contributed by atoms with E-state index < -0.39 is 52.4 Å². The minimum Gasteiger partial charge on any atom is -0.337 e. The van der Waals surface area contributed by atoms with Crippen molar-refractivity contribution in [1.29, 1.82) is 0 Å². The SMILES string of the molecule is CCCC[Si](CCCC)(CCCC)C1=S(=O)(O[Si](C(C)C)(C(C)C)C(C)C)C([Si](CCCC)(CCCC)CCCC)=S1(=O)O[Si](C(C)C)(C(C)C)C(C)C. The molecule has 0 aliphatic carbocycles. The first kappa shape index (κ1) is 52.8. The lowest BCUT2D eigenvalue weighted by Crippen LogP contribution is -2.71. The van der Waals surface area contributed by atoms with Gasteiger partial charge in [0.1, 0.15) is 35.8 Å². The van der Waals surface area contributed by atoms with E-state index in [0.717, 1.165) is 121 Å². The fourth-order valence-electron chi connectivity index (χ4n) is 11.2. The number of hydrogen-bond donors (Lipinski definition) is 0. The van der Waals surface area contributed by atoms with Crippen molar-refractivity contribution in [3.8, 4) is 0 Å². The van der Waals surface area contributed by atoms with Gasteiger partial charge in [-0.25, -0.2) is 8.42 Å². The van der Waals surface area contributed by atoms with Crippen LogP contribution in [0.3, 0.4) is 0 Å². The topological polar surface area (TPSA) is 52.6 Å². The Morgan fingerprint density at radius 1 is 0.370 bits per heavy atom. The summed E-state index contributed by atoms with van der Waals surface area (Å²) in [6, 6.07) is 6.41. The Kier molecular flexibility index (Phi) is 22.5. The average Bonchev–Trinajstić information content (AvgIpc) is 3.09. The Morgan fingerprint density at radius 3 is 0.667 bits per heavy atom. The van der Waals surface area contributed by atoms with Crippen LogP contribution >= 0.6 is 0 Å². The molecule has 0 spiro atoms. The van der Waals surface area contributed by atoms with E-state index in [2.05, 4.69) is 125 Å². The molecule has 324 valence electrons. The zero-order valence-corrected chi connectivity index (χ0v) is 45.3. The van der Waals surface area contributed by atoms with Crippen molar-refractivity contribution in [3.63, 3.8) is 0 Å². The molecule has 1 aliphatic rings. The molecule has 10 heteroatoms. The van der Waals surface area contributed by atoms with Crippen molar-refractivity contribution < 1.29 is 16.2 Å². The van der Waals surface area contributed by atoms with Crippen LogP contribution in [0.15, 0.2) is 0 Å². The molecule has 54 heavy (non-hydrogen) atoms. The minimum absolute atomic E-state index is 0.294. The molecule has 1 rings (SSSR count). The highest BCUT2D eigenvalue weighted by molar-refractivity contribution is 8.53. The van der Waals surface area contributed by atoms with Crippen LogP contribution in [0, 0.1) is 0 Å². The number of rotatable bonds is 30. The lowest BCUT2D eigenvalue weighted by molar-refractivity contribution is 0.497. The van der Waals surface area contributed by atoms with E-state index in [1.54, 1.807) is 0 Å². The van der Waals surface area contributed by atoms with Gasteiger partial charge in [0.15, 0.2) is 0 Å². The fourth-order valence-corrected chi connectivity index (χ4v) is 58.5. The monoisotopic (exact) mass is 865 g/mol. The van der Waals surface area contributed by atoms with Crippen LogP contribution in [0.4, 0.5) is 0 Å². The molecular weight excluding hydrogens is 769 g/mol. The average molecular weight is 866 g/mol. The normalized spacial score (nSPS) is 20.5. The summed E-state index contributed by atoms with van der Waals surface area (Å²) in [6.45, 7) is 42.0. The van der Waals surface area contributed by atoms with Crippen LogP contribution in [0.25, 0.3) is 0 Å². The highest BCUT2D eigenvalue weighted by atomic mass is 32.3. The molecule has 0 amide bonds. The van der Waals surface area contributed by atoms with Gasteiger partial charge in [-0.2, -0.15) is 0 Å². The van der Waals surface area contributed by atoms with E-state index in [-0.39, 0.29) is 0 Å². The van der Waals surface area contributed by atoms with Gasteiger partial charge >= 0.3 is 0 Å². The molecule has 4 nitrogen and oxygen atoms in total.